The Morgan fingerprint density at radius 2 is 1.96 bits per heavy atom. The van der Waals surface area contributed by atoms with Crippen LogP contribution >= 0.6 is 0 Å². The lowest BCUT2D eigenvalue weighted by Gasteiger charge is -2.33. The van der Waals surface area contributed by atoms with Crippen LogP contribution in [0.1, 0.15) is 24.0 Å². The molecule has 5 heteroatoms. The van der Waals surface area contributed by atoms with Crippen LogP contribution in [-0.4, -0.2) is 55.6 Å². The molecule has 128 valence electrons. The summed E-state index contributed by atoms with van der Waals surface area (Å²) in [6.45, 7) is 2.82. The third-order valence-electron chi connectivity index (χ3n) is 4.97. The molecule has 0 aromatic heterocycles. The fraction of sp³-hybridized carbons (Fsp3) is 0.526. The summed E-state index contributed by atoms with van der Waals surface area (Å²) in [5.41, 5.74) is 2.36. The Hall–Kier alpha value is -2.19. The van der Waals surface area contributed by atoms with Gasteiger partial charge in [0.2, 0.25) is 5.91 Å². The summed E-state index contributed by atoms with van der Waals surface area (Å²) in [6, 6.07) is 3.94. The first-order valence-corrected chi connectivity index (χ1v) is 8.38. The second kappa shape index (κ2) is 7.14. The van der Waals surface area contributed by atoms with Crippen molar-refractivity contribution in [1.82, 2.24) is 9.80 Å². The van der Waals surface area contributed by atoms with Crippen LogP contribution in [0.4, 0.5) is 0 Å². The third kappa shape index (κ3) is 3.07. The number of nitrogens with zero attached hydrogens (tertiary/aromatic N) is 2. The van der Waals surface area contributed by atoms with Crippen molar-refractivity contribution in [3.8, 4) is 23.8 Å². The van der Waals surface area contributed by atoms with Gasteiger partial charge in [0.25, 0.3) is 0 Å². The number of carbonyl (C=O) groups is 1. The van der Waals surface area contributed by atoms with Crippen LogP contribution < -0.4 is 9.47 Å². The van der Waals surface area contributed by atoms with Crippen LogP contribution in [0.25, 0.3) is 0 Å². The van der Waals surface area contributed by atoms with Gasteiger partial charge in [-0.2, -0.15) is 0 Å². The van der Waals surface area contributed by atoms with Crippen molar-refractivity contribution >= 4 is 5.91 Å². The molecule has 1 aromatic carbocycles. The molecule has 0 saturated carbocycles. The fourth-order valence-electron chi connectivity index (χ4n) is 3.69. The monoisotopic (exact) mass is 328 g/mol. The predicted molar refractivity (Wildman–Crippen MR) is 92.1 cm³/mol. The topological polar surface area (TPSA) is 42.0 Å². The molecule has 0 unspecified atom stereocenters. The maximum Gasteiger partial charge on any atom is 0.240 e. The van der Waals surface area contributed by atoms with Gasteiger partial charge in [-0.05, 0) is 49.1 Å². The van der Waals surface area contributed by atoms with E-state index in [1.807, 2.05) is 17.0 Å². The highest BCUT2D eigenvalue weighted by atomic mass is 16.5. The van der Waals surface area contributed by atoms with E-state index in [1.165, 1.54) is 5.56 Å². The van der Waals surface area contributed by atoms with E-state index < -0.39 is 0 Å². The smallest absolute Gasteiger partial charge is 0.240 e. The second-order valence-electron chi connectivity index (χ2n) is 6.32. The Labute approximate surface area is 143 Å². The van der Waals surface area contributed by atoms with E-state index in [4.69, 9.17) is 15.9 Å². The Morgan fingerprint density at radius 3 is 2.62 bits per heavy atom. The van der Waals surface area contributed by atoms with Crippen LogP contribution in [0, 0.1) is 12.3 Å². The van der Waals surface area contributed by atoms with Gasteiger partial charge in [0.15, 0.2) is 11.5 Å². The van der Waals surface area contributed by atoms with Gasteiger partial charge in [0.1, 0.15) is 0 Å². The van der Waals surface area contributed by atoms with Gasteiger partial charge in [0.05, 0.1) is 26.8 Å². The summed E-state index contributed by atoms with van der Waals surface area (Å²) in [4.78, 5) is 17.0. The number of amides is 1. The molecule has 1 aromatic rings. The number of methoxy groups -OCH3 is 2. The molecule has 1 atom stereocenters. The average molecular weight is 328 g/mol. The van der Waals surface area contributed by atoms with Gasteiger partial charge in [-0.1, -0.05) is 5.92 Å². The number of benzene rings is 1. The highest BCUT2D eigenvalue weighted by Crippen LogP contribution is 2.33. The Bertz CT molecular complexity index is 665. The first-order chi connectivity index (χ1) is 11.7. The SMILES string of the molecule is C#CCN1CCC[C@H]1C(=O)N1CCc2cc(OC)c(OC)cc2C1. The van der Waals surface area contributed by atoms with E-state index in [0.29, 0.717) is 18.8 Å². The van der Waals surface area contributed by atoms with E-state index >= 15 is 0 Å². The zero-order valence-corrected chi connectivity index (χ0v) is 14.4. The van der Waals surface area contributed by atoms with Gasteiger partial charge < -0.3 is 14.4 Å². The highest BCUT2D eigenvalue weighted by Gasteiger charge is 2.34. The summed E-state index contributed by atoms with van der Waals surface area (Å²) in [5, 5.41) is 0. The number of hydrogen-bond acceptors (Lipinski definition) is 4. The zero-order chi connectivity index (χ0) is 17.1. The molecule has 1 fully saturated rings. The number of fused-ring (bicyclic) bond motifs is 1. The van der Waals surface area contributed by atoms with Crippen molar-refractivity contribution in [2.24, 2.45) is 0 Å². The Morgan fingerprint density at radius 1 is 1.25 bits per heavy atom. The zero-order valence-electron chi connectivity index (χ0n) is 14.4. The number of rotatable bonds is 4. The summed E-state index contributed by atoms with van der Waals surface area (Å²) >= 11 is 0. The normalized spacial score (nSPS) is 20.4. The van der Waals surface area contributed by atoms with Gasteiger partial charge in [-0.25, -0.2) is 0 Å². The molecule has 0 spiro atoms. The van der Waals surface area contributed by atoms with Crippen molar-refractivity contribution in [3.05, 3.63) is 23.3 Å². The Kier molecular flexibility index (Phi) is 4.96. The molecular weight excluding hydrogens is 304 g/mol. The molecule has 0 radical (unpaired) electrons. The number of ether oxygens (including phenoxy) is 2. The number of hydrogen-bond donors (Lipinski definition) is 0. The Balaban J connectivity index is 1.77. The largest absolute Gasteiger partial charge is 0.493 e. The molecule has 0 aliphatic carbocycles. The van der Waals surface area contributed by atoms with Crippen LogP contribution in [0.3, 0.4) is 0 Å². The molecule has 2 aliphatic rings. The molecule has 0 N–H and O–H groups in total. The van der Waals surface area contributed by atoms with Crippen molar-refractivity contribution < 1.29 is 14.3 Å². The summed E-state index contributed by atoms with van der Waals surface area (Å²) in [7, 11) is 3.27. The second-order valence-corrected chi connectivity index (χ2v) is 6.32. The van der Waals surface area contributed by atoms with E-state index in [2.05, 4.69) is 10.8 Å². The van der Waals surface area contributed by atoms with Crippen LogP contribution in [0.5, 0.6) is 11.5 Å². The molecular formula is C19H24N2O3. The third-order valence-corrected chi connectivity index (χ3v) is 4.97. The number of carbonyl (C=O) groups excluding carboxylic acids is 1. The lowest BCUT2D eigenvalue weighted by Crippen LogP contribution is -2.47. The maximum absolute atomic E-state index is 12.9. The van der Waals surface area contributed by atoms with E-state index in [1.54, 1.807) is 14.2 Å². The molecule has 24 heavy (non-hydrogen) atoms. The van der Waals surface area contributed by atoms with E-state index in [0.717, 1.165) is 43.7 Å². The number of terminal acetylenes is 1. The first-order valence-electron chi connectivity index (χ1n) is 8.38. The quantitative estimate of drug-likeness (QED) is 0.789. The van der Waals surface area contributed by atoms with Crippen molar-refractivity contribution in [1.29, 1.82) is 0 Å². The van der Waals surface area contributed by atoms with Crippen LogP contribution in [-0.2, 0) is 17.8 Å². The minimum absolute atomic E-state index is 0.0669. The molecule has 1 amide bonds. The summed E-state index contributed by atoms with van der Waals surface area (Å²) < 4.78 is 10.8. The minimum Gasteiger partial charge on any atom is -0.493 e. The molecule has 0 bridgehead atoms. The first kappa shape index (κ1) is 16.7. The van der Waals surface area contributed by atoms with Crippen molar-refractivity contribution in [2.75, 3.05) is 33.9 Å². The van der Waals surface area contributed by atoms with E-state index in [-0.39, 0.29) is 11.9 Å². The van der Waals surface area contributed by atoms with E-state index in [9.17, 15) is 4.79 Å². The maximum atomic E-state index is 12.9. The fourth-order valence-corrected chi connectivity index (χ4v) is 3.69. The number of likely N-dealkylation sites (tertiary alicyclic amines) is 1. The van der Waals surface area contributed by atoms with Gasteiger partial charge in [-0.15, -0.1) is 6.42 Å². The lowest BCUT2D eigenvalue weighted by molar-refractivity contribution is -0.136. The molecule has 5 nitrogen and oxygen atoms in total. The predicted octanol–water partition coefficient (Wildman–Crippen LogP) is 1.69. The molecule has 3 rings (SSSR count). The van der Waals surface area contributed by atoms with Crippen LogP contribution in [0.15, 0.2) is 12.1 Å². The van der Waals surface area contributed by atoms with Gasteiger partial charge in [0, 0.05) is 13.1 Å². The minimum atomic E-state index is -0.0669. The summed E-state index contributed by atoms with van der Waals surface area (Å²) in [6.07, 6.45) is 8.20. The molecule has 1 saturated heterocycles. The molecule has 2 aliphatic heterocycles. The van der Waals surface area contributed by atoms with Gasteiger partial charge >= 0.3 is 0 Å². The van der Waals surface area contributed by atoms with Gasteiger partial charge in [-0.3, -0.25) is 9.69 Å². The van der Waals surface area contributed by atoms with Crippen LogP contribution in [0.2, 0.25) is 0 Å². The highest BCUT2D eigenvalue weighted by molar-refractivity contribution is 5.82. The average Bonchev–Trinajstić information content (AvgIpc) is 3.07. The lowest BCUT2D eigenvalue weighted by atomic mass is 9.98. The summed E-state index contributed by atoms with van der Waals surface area (Å²) in [5.74, 6) is 4.31. The molecule has 2 heterocycles. The van der Waals surface area contributed by atoms with Crippen molar-refractivity contribution in [3.63, 3.8) is 0 Å². The van der Waals surface area contributed by atoms with Crippen molar-refractivity contribution in [2.45, 2.75) is 31.8 Å². The standard InChI is InChI=1S/C19H24N2O3/c1-4-8-20-9-5-6-16(20)19(22)21-10-7-14-11-17(23-2)18(24-3)12-15(14)13-21/h1,11-12,16H,5-10,13H2,2-3H3/t16-/m0/s1.